The van der Waals surface area contributed by atoms with E-state index in [-0.39, 0.29) is 11.7 Å². The minimum atomic E-state index is 0.204. The molecule has 1 aromatic rings. The Morgan fingerprint density at radius 3 is 2.70 bits per heavy atom. The summed E-state index contributed by atoms with van der Waals surface area (Å²) < 4.78 is 0. The zero-order chi connectivity index (χ0) is 17.2. The molecule has 1 heterocycles. The molecule has 0 radical (unpaired) electrons. The van der Waals surface area contributed by atoms with Crippen molar-refractivity contribution in [1.82, 2.24) is 4.98 Å². The molecule has 0 aliphatic carbocycles. The normalized spacial score (nSPS) is 14.3. The molecule has 4 heteroatoms. The summed E-state index contributed by atoms with van der Waals surface area (Å²) in [6.07, 6.45) is 8.74. The minimum absolute atomic E-state index is 0.204. The van der Waals surface area contributed by atoms with E-state index in [1.807, 2.05) is 19.1 Å². The maximum atomic E-state index is 10.9. The van der Waals surface area contributed by atoms with Crippen molar-refractivity contribution in [2.45, 2.75) is 46.5 Å². The van der Waals surface area contributed by atoms with Crippen LogP contribution in [0.5, 0.6) is 0 Å². The topological polar surface area (TPSA) is 83.0 Å². The van der Waals surface area contributed by atoms with E-state index >= 15 is 0 Å². The van der Waals surface area contributed by atoms with Gasteiger partial charge in [0.1, 0.15) is 5.76 Å². The van der Waals surface area contributed by atoms with E-state index in [1.165, 1.54) is 6.21 Å². The maximum absolute atomic E-state index is 10.9. The molecule has 126 valence electrons. The highest BCUT2D eigenvalue weighted by atomic mass is 16.3. The van der Waals surface area contributed by atoms with Gasteiger partial charge in [0, 0.05) is 35.8 Å². The first-order valence-electron chi connectivity index (χ1n) is 8.35. The summed E-state index contributed by atoms with van der Waals surface area (Å²) >= 11 is 0. The summed E-state index contributed by atoms with van der Waals surface area (Å²) in [5.41, 5.74) is 9.11. The SMILES string of the molecule is CCCCC(CC)/C(CN)=C(O)\C(=C\C=N)c1cccnc1C. The maximum Gasteiger partial charge on any atom is 0.124 e. The lowest BCUT2D eigenvalue weighted by atomic mass is 9.87. The van der Waals surface area contributed by atoms with Gasteiger partial charge in [-0.3, -0.25) is 4.98 Å². The van der Waals surface area contributed by atoms with Crippen LogP contribution in [0.15, 0.2) is 35.7 Å². The zero-order valence-electron chi connectivity index (χ0n) is 14.5. The Labute approximate surface area is 139 Å². The quantitative estimate of drug-likeness (QED) is 0.358. The third-order valence-electron chi connectivity index (χ3n) is 4.22. The number of nitrogens with one attached hydrogen (secondary N) is 1. The van der Waals surface area contributed by atoms with Gasteiger partial charge < -0.3 is 16.2 Å². The fraction of sp³-hybridized carbons (Fsp3) is 0.474. The van der Waals surface area contributed by atoms with E-state index in [0.717, 1.165) is 42.5 Å². The molecule has 0 aromatic carbocycles. The van der Waals surface area contributed by atoms with Gasteiger partial charge in [0.25, 0.3) is 0 Å². The van der Waals surface area contributed by atoms with Crippen LogP contribution in [0.2, 0.25) is 0 Å². The smallest absolute Gasteiger partial charge is 0.124 e. The molecule has 1 aromatic heterocycles. The van der Waals surface area contributed by atoms with Crippen molar-refractivity contribution in [1.29, 1.82) is 5.41 Å². The molecule has 0 bridgehead atoms. The molecule has 0 aliphatic heterocycles. The van der Waals surface area contributed by atoms with E-state index in [1.54, 1.807) is 12.3 Å². The number of pyridine rings is 1. The van der Waals surface area contributed by atoms with E-state index in [9.17, 15) is 5.11 Å². The summed E-state index contributed by atoms with van der Waals surface area (Å²) in [5.74, 6) is 0.473. The monoisotopic (exact) mass is 315 g/mol. The number of aliphatic hydroxyl groups is 1. The van der Waals surface area contributed by atoms with Crippen molar-refractivity contribution in [3.63, 3.8) is 0 Å². The fourth-order valence-corrected chi connectivity index (χ4v) is 2.85. The molecule has 1 atom stereocenters. The van der Waals surface area contributed by atoms with Gasteiger partial charge in [0.05, 0.1) is 0 Å². The minimum Gasteiger partial charge on any atom is -0.507 e. The van der Waals surface area contributed by atoms with Crippen molar-refractivity contribution >= 4 is 11.8 Å². The molecular formula is C19H29N3O. The van der Waals surface area contributed by atoms with Gasteiger partial charge in [-0.1, -0.05) is 32.8 Å². The lowest BCUT2D eigenvalue weighted by Crippen LogP contribution is -2.16. The number of nitrogens with zero attached hydrogens (tertiary/aromatic N) is 1. The number of rotatable bonds is 9. The Kier molecular flexibility index (Phi) is 8.27. The summed E-state index contributed by atoms with van der Waals surface area (Å²) in [7, 11) is 0. The Morgan fingerprint density at radius 2 is 2.17 bits per heavy atom. The van der Waals surface area contributed by atoms with Gasteiger partial charge in [-0.25, -0.2) is 0 Å². The van der Waals surface area contributed by atoms with Gasteiger partial charge in [-0.2, -0.15) is 0 Å². The third kappa shape index (κ3) is 5.03. The van der Waals surface area contributed by atoms with Crippen molar-refractivity contribution in [2.75, 3.05) is 6.54 Å². The Balaban J connectivity index is 3.35. The number of aryl methyl sites for hydroxylation is 1. The van der Waals surface area contributed by atoms with Gasteiger partial charge in [-0.15, -0.1) is 0 Å². The Hall–Kier alpha value is -1.94. The standard InChI is InChI=1S/C19H29N3O/c1-4-6-8-15(5-2)18(13-21)19(23)17(10-11-20)16-9-7-12-22-14(16)3/h7,9-12,15,20,23H,4-6,8,13,21H2,1-3H3/b17-10+,19-18+,20-11?. The molecule has 0 amide bonds. The fourth-order valence-electron chi connectivity index (χ4n) is 2.85. The van der Waals surface area contributed by atoms with Gasteiger partial charge in [0.15, 0.2) is 0 Å². The van der Waals surface area contributed by atoms with Gasteiger partial charge >= 0.3 is 0 Å². The molecular weight excluding hydrogens is 286 g/mol. The predicted molar refractivity (Wildman–Crippen MR) is 97.7 cm³/mol. The molecule has 4 nitrogen and oxygen atoms in total. The van der Waals surface area contributed by atoms with E-state index < -0.39 is 0 Å². The number of hydrogen-bond donors (Lipinski definition) is 3. The Morgan fingerprint density at radius 1 is 1.43 bits per heavy atom. The first-order chi connectivity index (χ1) is 11.1. The summed E-state index contributed by atoms with van der Waals surface area (Å²) in [4.78, 5) is 4.28. The molecule has 0 fully saturated rings. The summed E-state index contributed by atoms with van der Waals surface area (Å²) in [6.45, 7) is 6.51. The van der Waals surface area contributed by atoms with Crippen molar-refractivity contribution < 1.29 is 5.11 Å². The number of aromatic nitrogens is 1. The second-order valence-corrected chi connectivity index (χ2v) is 5.71. The molecule has 0 spiro atoms. The molecule has 4 N–H and O–H groups in total. The average molecular weight is 315 g/mol. The summed E-state index contributed by atoms with van der Waals surface area (Å²) in [5, 5.41) is 18.3. The van der Waals surface area contributed by atoms with Crippen molar-refractivity contribution in [3.05, 3.63) is 47.0 Å². The molecule has 1 rings (SSSR count). The van der Waals surface area contributed by atoms with Gasteiger partial charge in [-0.05, 0) is 43.4 Å². The highest BCUT2D eigenvalue weighted by molar-refractivity contribution is 5.89. The number of hydrogen-bond acceptors (Lipinski definition) is 4. The first kappa shape index (κ1) is 19.1. The average Bonchev–Trinajstić information content (AvgIpc) is 2.56. The second-order valence-electron chi connectivity index (χ2n) is 5.71. The lowest BCUT2D eigenvalue weighted by Gasteiger charge is -2.21. The molecule has 1 unspecified atom stereocenters. The van der Waals surface area contributed by atoms with Crippen LogP contribution in [-0.4, -0.2) is 22.8 Å². The number of nitrogens with two attached hydrogens (primary N) is 1. The first-order valence-corrected chi connectivity index (χ1v) is 8.35. The lowest BCUT2D eigenvalue weighted by molar-refractivity contribution is 0.404. The van der Waals surface area contributed by atoms with Crippen molar-refractivity contribution in [3.8, 4) is 0 Å². The summed E-state index contributed by atoms with van der Waals surface area (Å²) in [6, 6.07) is 3.75. The molecule has 0 saturated heterocycles. The highest BCUT2D eigenvalue weighted by Crippen LogP contribution is 2.30. The number of aliphatic hydroxyl groups excluding tert-OH is 1. The van der Waals surface area contributed by atoms with Crippen LogP contribution in [0, 0.1) is 18.3 Å². The molecule has 0 aliphatic rings. The van der Waals surface area contributed by atoms with Crippen LogP contribution >= 0.6 is 0 Å². The van der Waals surface area contributed by atoms with Crippen LogP contribution in [-0.2, 0) is 0 Å². The van der Waals surface area contributed by atoms with E-state index in [0.29, 0.717) is 12.1 Å². The van der Waals surface area contributed by atoms with Gasteiger partial charge in [0.2, 0.25) is 0 Å². The predicted octanol–water partition coefficient (Wildman–Crippen LogP) is 4.41. The van der Waals surface area contributed by atoms with Crippen LogP contribution in [0.3, 0.4) is 0 Å². The van der Waals surface area contributed by atoms with Crippen LogP contribution in [0.25, 0.3) is 5.57 Å². The second kappa shape index (κ2) is 9.95. The van der Waals surface area contributed by atoms with Crippen LogP contribution < -0.4 is 5.73 Å². The third-order valence-corrected chi connectivity index (χ3v) is 4.22. The van der Waals surface area contributed by atoms with E-state index in [2.05, 4.69) is 18.8 Å². The molecule has 23 heavy (non-hydrogen) atoms. The van der Waals surface area contributed by atoms with Crippen LogP contribution in [0.4, 0.5) is 0 Å². The number of unbranched alkanes of at least 4 members (excludes halogenated alkanes) is 1. The van der Waals surface area contributed by atoms with Crippen molar-refractivity contribution in [2.24, 2.45) is 11.7 Å². The largest absolute Gasteiger partial charge is 0.507 e. The van der Waals surface area contributed by atoms with Crippen LogP contribution in [0.1, 0.15) is 50.8 Å². The zero-order valence-corrected chi connectivity index (χ0v) is 14.5. The Bertz CT molecular complexity index is 576. The van der Waals surface area contributed by atoms with E-state index in [4.69, 9.17) is 11.1 Å². The number of allylic oxidation sites excluding steroid dienone is 2. The highest BCUT2D eigenvalue weighted by Gasteiger charge is 2.19. The molecule has 0 saturated carbocycles.